The Morgan fingerprint density at radius 1 is 1.04 bits per heavy atom. The molecule has 0 aliphatic carbocycles. The van der Waals surface area contributed by atoms with E-state index in [1.807, 2.05) is 24.3 Å². The zero-order valence-electron chi connectivity index (χ0n) is 14.1. The Morgan fingerprint density at radius 2 is 1.88 bits per heavy atom. The van der Waals surface area contributed by atoms with Crippen molar-refractivity contribution in [1.82, 2.24) is 20.2 Å². The third-order valence-electron chi connectivity index (χ3n) is 3.59. The second-order valence-corrected chi connectivity index (χ2v) is 6.74. The van der Waals surface area contributed by atoms with Crippen LogP contribution in [0.3, 0.4) is 0 Å². The molecule has 124 valence electrons. The number of benzene rings is 2. The van der Waals surface area contributed by atoms with E-state index in [2.05, 4.69) is 54.5 Å². The number of aryl methyl sites for hydroxylation is 3. The molecule has 0 unspecified atom stereocenters. The van der Waals surface area contributed by atoms with Crippen LogP contribution >= 0.6 is 11.8 Å². The van der Waals surface area contributed by atoms with E-state index in [9.17, 15) is 0 Å². The number of hydrogen-bond donors (Lipinski definition) is 0. The van der Waals surface area contributed by atoms with Gasteiger partial charge in [0, 0.05) is 5.75 Å². The Balaban J connectivity index is 1.62. The average molecular weight is 340 g/mol. The van der Waals surface area contributed by atoms with Crippen LogP contribution in [0.1, 0.15) is 16.7 Å². The van der Waals surface area contributed by atoms with Gasteiger partial charge in [-0.1, -0.05) is 41.6 Å². The van der Waals surface area contributed by atoms with E-state index in [1.165, 1.54) is 11.1 Å². The molecule has 0 fully saturated rings. The standard InChI is InChI=1S/C18H20N4OS/c1-13-5-4-6-16(12-13)23-9-10-24-18-19-20-21-22(18)17-8-7-14(2)11-15(17)3/h4-8,11-12H,9-10H2,1-3H3. The van der Waals surface area contributed by atoms with Gasteiger partial charge in [-0.3, -0.25) is 0 Å². The Morgan fingerprint density at radius 3 is 2.67 bits per heavy atom. The summed E-state index contributed by atoms with van der Waals surface area (Å²) in [6.45, 7) is 6.81. The van der Waals surface area contributed by atoms with E-state index >= 15 is 0 Å². The molecule has 3 rings (SSSR count). The van der Waals surface area contributed by atoms with Gasteiger partial charge in [0.25, 0.3) is 0 Å². The molecule has 0 atom stereocenters. The summed E-state index contributed by atoms with van der Waals surface area (Å²) in [5.41, 5.74) is 4.58. The molecular weight excluding hydrogens is 320 g/mol. The largest absolute Gasteiger partial charge is 0.493 e. The van der Waals surface area contributed by atoms with Gasteiger partial charge in [-0.25, -0.2) is 0 Å². The summed E-state index contributed by atoms with van der Waals surface area (Å²) in [6, 6.07) is 14.3. The maximum atomic E-state index is 5.77. The van der Waals surface area contributed by atoms with Crippen molar-refractivity contribution in [2.24, 2.45) is 0 Å². The first-order valence-electron chi connectivity index (χ1n) is 7.82. The number of thioether (sulfide) groups is 1. The van der Waals surface area contributed by atoms with Gasteiger partial charge in [0.15, 0.2) is 0 Å². The highest BCUT2D eigenvalue weighted by Crippen LogP contribution is 2.21. The van der Waals surface area contributed by atoms with Gasteiger partial charge in [-0.2, -0.15) is 4.68 Å². The number of hydrogen-bond acceptors (Lipinski definition) is 5. The first-order valence-corrected chi connectivity index (χ1v) is 8.80. The van der Waals surface area contributed by atoms with Crippen molar-refractivity contribution >= 4 is 11.8 Å². The molecule has 1 heterocycles. The third-order valence-corrected chi connectivity index (χ3v) is 4.48. The van der Waals surface area contributed by atoms with Crippen LogP contribution in [-0.4, -0.2) is 32.6 Å². The highest BCUT2D eigenvalue weighted by Gasteiger charge is 2.11. The summed E-state index contributed by atoms with van der Waals surface area (Å²) in [4.78, 5) is 0. The number of ether oxygens (including phenoxy) is 1. The number of aromatic nitrogens is 4. The van der Waals surface area contributed by atoms with E-state index in [0.29, 0.717) is 6.61 Å². The van der Waals surface area contributed by atoms with Crippen LogP contribution in [0.2, 0.25) is 0 Å². The maximum Gasteiger partial charge on any atom is 0.214 e. The summed E-state index contributed by atoms with van der Waals surface area (Å²) < 4.78 is 7.56. The first kappa shape index (κ1) is 16.5. The zero-order chi connectivity index (χ0) is 16.9. The Labute approximate surface area is 146 Å². The van der Waals surface area contributed by atoms with Crippen molar-refractivity contribution in [3.63, 3.8) is 0 Å². The summed E-state index contributed by atoms with van der Waals surface area (Å²) in [7, 11) is 0. The Hall–Kier alpha value is -2.34. The fourth-order valence-corrected chi connectivity index (χ4v) is 3.16. The number of rotatable bonds is 6. The second-order valence-electron chi connectivity index (χ2n) is 5.68. The lowest BCUT2D eigenvalue weighted by Gasteiger charge is -2.09. The molecule has 3 aromatic rings. The summed E-state index contributed by atoms with van der Waals surface area (Å²) in [6.07, 6.45) is 0. The van der Waals surface area contributed by atoms with Gasteiger partial charge in [0.05, 0.1) is 12.3 Å². The highest BCUT2D eigenvalue weighted by molar-refractivity contribution is 7.99. The molecular formula is C18H20N4OS. The molecule has 1 aromatic heterocycles. The molecule has 0 spiro atoms. The molecule has 0 radical (unpaired) electrons. The summed E-state index contributed by atoms with van der Waals surface area (Å²) in [5.74, 6) is 1.67. The Bertz CT molecular complexity index is 831. The van der Waals surface area contributed by atoms with Gasteiger partial charge in [-0.15, -0.1) is 5.10 Å². The number of nitrogens with zero attached hydrogens (tertiary/aromatic N) is 4. The van der Waals surface area contributed by atoms with E-state index in [-0.39, 0.29) is 0 Å². The van der Waals surface area contributed by atoms with Crippen molar-refractivity contribution in [1.29, 1.82) is 0 Å². The fourth-order valence-electron chi connectivity index (χ4n) is 2.46. The van der Waals surface area contributed by atoms with Gasteiger partial charge < -0.3 is 4.74 Å². The molecule has 0 saturated heterocycles. The molecule has 2 aromatic carbocycles. The van der Waals surface area contributed by atoms with Crippen molar-refractivity contribution in [2.45, 2.75) is 25.9 Å². The predicted octanol–water partition coefficient (Wildman–Crippen LogP) is 3.76. The molecule has 0 amide bonds. The summed E-state index contributed by atoms with van der Waals surface area (Å²) >= 11 is 1.59. The topological polar surface area (TPSA) is 52.8 Å². The van der Waals surface area contributed by atoms with Crippen molar-refractivity contribution < 1.29 is 4.74 Å². The van der Waals surface area contributed by atoms with Crippen LogP contribution in [0.15, 0.2) is 47.6 Å². The van der Waals surface area contributed by atoms with Crippen LogP contribution in [0.25, 0.3) is 5.69 Å². The van der Waals surface area contributed by atoms with E-state index in [4.69, 9.17) is 4.74 Å². The van der Waals surface area contributed by atoms with Gasteiger partial charge in [0.1, 0.15) is 5.75 Å². The van der Waals surface area contributed by atoms with Crippen LogP contribution in [0.4, 0.5) is 0 Å². The molecule has 0 aliphatic heterocycles. The van der Waals surface area contributed by atoms with Crippen LogP contribution in [0.5, 0.6) is 5.75 Å². The highest BCUT2D eigenvalue weighted by atomic mass is 32.2. The normalized spacial score (nSPS) is 10.8. The minimum absolute atomic E-state index is 0.605. The van der Waals surface area contributed by atoms with Crippen molar-refractivity contribution in [3.05, 3.63) is 59.2 Å². The minimum Gasteiger partial charge on any atom is -0.493 e. The van der Waals surface area contributed by atoms with E-state index < -0.39 is 0 Å². The molecule has 5 nitrogen and oxygen atoms in total. The lowest BCUT2D eigenvalue weighted by Crippen LogP contribution is -2.04. The van der Waals surface area contributed by atoms with Crippen LogP contribution in [0, 0.1) is 20.8 Å². The Kier molecular flexibility index (Phi) is 5.15. The monoisotopic (exact) mass is 340 g/mol. The van der Waals surface area contributed by atoms with E-state index in [1.54, 1.807) is 16.4 Å². The summed E-state index contributed by atoms with van der Waals surface area (Å²) in [5, 5.41) is 12.8. The van der Waals surface area contributed by atoms with Gasteiger partial charge >= 0.3 is 0 Å². The lowest BCUT2D eigenvalue weighted by atomic mass is 10.1. The van der Waals surface area contributed by atoms with Crippen molar-refractivity contribution in [2.75, 3.05) is 12.4 Å². The van der Waals surface area contributed by atoms with Gasteiger partial charge in [0.2, 0.25) is 5.16 Å². The maximum absolute atomic E-state index is 5.77. The smallest absolute Gasteiger partial charge is 0.214 e. The molecule has 0 aliphatic rings. The quantitative estimate of drug-likeness (QED) is 0.505. The van der Waals surface area contributed by atoms with Crippen LogP contribution in [-0.2, 0) is 0 Å². The molecule has 24 heavy (non-hydrogen) atoms. The number of tetrazole rings is 1. The minimum atomic E-state index is 0.605. The molecule has 0 saturated carbocycles. The first-order chi connectivity index (χ1) is 11.6. The SMILES string of the molecule is Cc1cccc(OCCSc2nnnn2-c2ccc(C)cc2C)c1. The second kappa shape index (κ2) is 7.49. The fraction of sp³-hybridized carbons (Fsp3) is 0.278. The van der Waals surface area contributed by atoms with Gasteiger partial charge in [-0.05, 0) is 60.5 Å². The van der Waals surface area contributed by atoms with Crippen LogP contribution < -0.4 is 4.74 Å². The molecule has 0 bridgehead atoms. The predicted molar refractivity (Wildman–Crippen MR) is 96.0 cm³/mol. The lowest BCUT2D eigenvalue weighted by molar-refractivity contribution is 0.343. The third kappa shape index (κ3) is 3.94. The molecule has 0 N–H and O–H groups in total. The average Bonchev–Trinajstić information content (AvgIpc) is 3.00. The zero-order valence-corrected chi connectivity index (χ0v) is 14.9. The van der Waals surface area contributed by atoms with Crippen molar-refractivity contribution in [3.8, 4) is 11.4 Å². The molecule has 6 heteroatoms. The van der Waals surface area contributed by atoms with E-state index in [0.717, 1.165) is 27.9 Å².